The van der Waals surface area contributed by atoms with Gasteiger partial charge in [0.05, 0.1) is 16.1 Å². The van der Waals surface area contributed by atoms with Crippen LogP contribution in [0.5, 0.6) is 0 Å². The Morgan fingerprint density at radius 1 is 1.35 bits per heavy atom. The summed E-state index contributed by atoms with van der Waals surface area (Å²) in [6.45, 7) is -0.298. The van der Waals surface area contributed by atoms with Gasteiger partial charge in [-0.1, -0.05) is 18.2 Å². The van der Waals surface area contributed by atoms with Crippen LogP contribution < -0.4 is 11.1 Å². The van der Waals surface area contributed by atoms with Gasteiger partial charge in [0.15, 0.2) is 0 Å². The zero-order chi connectivity index (χ0) is 16.2. The molecule has 0 aliphatic carbocycles. The van der Waals surface area contributed by atoms with Gasteiger partial charge in [0, 0.05) is 0 Å². The predicted molar refractivity (Wildman–Crippen MR) is 83.9 cm³/mol. The molecule has 2 heterocycles. The summed E-state index contributed by atoms with van der Waals surface area (Å²) >= 11 is 1.38. The Labute approximate surface area is 134 Å². The van der Waals surface area contributed by atoms with Crippen LogP contribution in [-0.2, 0) is 11.3 Å². The Bertz CT molecular complexity index is 934. The van der Waals surface area contributed by atoms with Gasteiger partial charge >= 0.3 is 5.76 Å². The number of para-hydroxylation sites is 1. The molecule has 114 valence electrons. The van der Waals surface area contributed by atoms with E-state index in [0.717, 1.165) is 4.68 Å². The molecule has 0 unspecified atom stereocenters. The first-order valence-electron chi connectivity index (χ1n) is 6.58. The summed E-state index contributed by atoms with van der Waals surface area (Å²) in [5, 5.41) is 17.4. The zero-order valence-electron chi connectivity index (χ0n) is 11.7. The van der Waals surface area contributed by atoms with Crippen LogP contribution in [0.15, 0.2) is 51.0 Å². The smallest absolute Gasteiger partial charge is 0.387 e. The standard InChI is InChI=1S/C15H10N4O3S/c16-8-10-4-1-2-5-11(10)17-13(20)9-19-15(21)22-14(18-19)12-6-3-7-23-12/h1-7H,9H2,(H,17,20). The average molecular weight is 326 g/mol. The molecular formula is C15H10N4O3S. The number of nitrogens with one attached hydrogen (secondary N) is 1. The maximum atomic E-state index is 12.0. The van der Waals surface area contributed by atoms with Crippen molar-refractivity contribution in [3.05, 3.63) is 57.9 Å². The monoisotopic (exact) mass is 326 g/mol. The predicted octanol–water partition coefficient (Wildman–Crippen LogP) is 2.08. The van der Waals surface area contributed by atoms with Crippen LogP contribution in [0.4, 0.5) is 5.69 Å². The third-order valence-electron chi connectivity index (χ3n) is 2.95. The lowest BCUT2D eigenvalue weighted by Gasteiger charge is -2.05. The number of carbonyl (C=O) groups excluding carboxylic acids is 1. The van der Waals surface area contributed by atoms with Crippen LogP contribution in [0.3, 0.4) is 0 Å². The van der Waals surface area contributed by atoms with Crippen molar-refractivity contribution in [1.82, 2.24) is 9.78 Å². The molecule has 3 rings (SSSR count). The molecule has 1 aromatic carbocycles. The average Bonchev–Trinajstić information content (AvgIpc) is 3.18. The van der Waals surface area contributed by atoms with Gasteiger partial charge in [-0.2, -0.15) is 9.94 Å². The first-order chi connectivity index (χ1) is 11.2. The molecule has 0 radical (unpaired) electrons. The molecule has 7 nitrogen and oxygen atoms in total. The number of rotatable bonds is 4. The van der Waals surface area contributed by atoms with Crippen LogP contribution >= 0.6 is 11.3 Å². The highest BCUT2D eigenvalue weighted by Gasteiger charge is 2.14. The lowest BCUT2D eigenvalue weighted by atomic mass is 10.2. The molecule has 0 aliphatic heterocycles. The summed E-state index contributed by atoms with van der Waals surface area (Å²) in [5.41, 5.74) is 0.725. The van der Waals surface area contributed by atoms with E-state index in [2.05, 4.69) is 10.4 Å². The number of benzene rings is 1. The number of hydrogen-bond donors (Lipinski definition) is 1. The van der Waals surface area contributed by atoms with Gasteiger partial charge in [-0.15, -0.1) is 16.4 Å². The van der Waals surface area contributed by atoms with Crippen LogP contribution in [0, 0.1) is 11.3 Å². The normalized spacial score (nSPS) is 10.2. The van der Waals surface area contributed by atoms with Gasteiger partial charge in [0.2, 0.25) is 5.91 Å². The van der Waals surface area contributed by atoms with Crippen molar-refractivity contribution in [2.45, 2.75) is 6.54 Å². The van der Waals surface area contributed by atoms with Crippen LogP contribution in [0.2, 0.25) is 0 Å². The summed E-state index contributed by atoms with van der Waals surface area (Å²) in [6.07, 6.45) is 0. The molecule has 0 saturated heterocycles. The fraction of sp³-hybridized carbons (Fsp3) is 0.0667. The summed E-state index contributed by atoms with van der Waals surface area (Å²) in [7, 11) is 0. The second-order valence-electron chi connectivity index (χ2n) is 4.51. The van der Waals surface area contributed by atoms with Crippen molar-refractivity contribution in [3.63, 3.8) is 0 Å². The molecule has 0 fully saturated rings. The number of anilines is 1. The molecule has 0 aliphatic rings. The van der Waals surface area contributed by atoms with Crippen LogP contribution in [-0.4, -0.2) is 15.7 Å². The number of nitrogens with zero attached hydrogens (tertiary/aromatic N) is 3. The number of amides is 1. The van der Waals surface area contributed by atoms with Gasteiger partial charge in [0.25, 0.3) is 5.89 Å². The van der Waals surface area contributed by atoms with Gasteiger partial charge in [-0.05, 0) is 23.6 Å². The largest absolute Gasteiger partial charge is 0.437 e. The van der Waals surface area contributed by atoms with Crippen molar-refractivity contribution in [3.8, 4) is 16.8 Å². The number of aromatic nitrogens is 2. The summed E-state index contributed by atoms with van der Waals surface area (Å²) < 4.78 is 5.97. The van der Waals surface area contributed by atoms with E-state index in [4.69, 9.17) is 9.68 Å². The van der Waals surface area contributed by atoms with Crippen molar-refractivity contribution >= 4 is 22.9 Å². The number of hydrogen-bond acceptors (Lipinski definition) is 6. The van der Waals surface area contributed by atoms with Gasteiger partial charge < -0.3 is 9.73 Å². The van der Waals surface area contributed by atoms with E-state index >= 15 is 0 Å². The van der Waals surface area contributed by atoms with Crippen molar-refractivity contribution < 1.29 is 9.21 Å². The zero-order valence-corrected chi connectivity index (χ0v) is 12.5. The fourth-order valence-corrected chi connectivity index (χ4v) is 2.57. The fourth-order valence-electron chi connectivity index (χ4n) is 1.92. The third-order valence-corrected chi connectivity index (χ3v) is 3.81. The van der Waals surface area contributed by atoms with E-state index in [9.17, 15) is 9.59 Å². The lowest BCUT2D eigenvalue weighted by molar-refractivity contribution is -0.117. The van der Waals surface area contributed by atoms with Gasteiger partial charge in [0.1, 0.15) is 12.6 Å². The Hall–Kier alpha value is -3.18. The first kappa shape index (κ1) is 14.7. The van der Waals surface area contributed by atoms with E-state index < -0.39 is 11.7 Å². The minimum absolute atomic E-state index is 0.176. The third kappa shape index (κ3) is 3.20. The van der Waals surface area contributed by atoms with Crippen molar-refractivity contribution in [2.24, 2.45) is 0 Å². The Kier molecular flexibility index (Phi) is 4.03. The minimum atomic E-state index is -0.711. The highest BCUT2D eigenvalue weighted by Crippen LogP contribution is 2.21. The molecule has 0 saturated carbocycles. The number of carbonyl (C=O) groups is 1. The maximum Gasteiger partial charge on any atom is 0.437 e. The molecule has 1 N–H and O–H groups in total. The first-order valence-corrected chi connectivity index (χ1v) is 7.46. The maximum absolute atomic E-state index is 12.0. The highest BCUT2D eigenvalue weighted by atomic mass is 32.1. The Balaban J connectivity index is 1.76. The Morgan fingerprint density at radius 2 is 2.17 bits per heavy atom. The molecule has 3 aromatic rings. The second-order valence-corrected chi connectivity index (χ2v) is 5.46. The minimum Gasteiger partial charge on any atom is -0.387 e. The second kappa shape index (κ2) is 6.29. The Morgan fingerprint density at radius 3 is 2.91 bits per heavy atom. The van der Waals surface area contributed by atoms with E-state index in [1.165, 1.54) is 11.3 Å². The molecule has 23 heavy (non-hydrogen) atoms. The van der Waals surface area contributed by atoms with E-state index in [1.807, 2.05) is 17.5 Å². The summed E-state index contributed by atoms with van der Waals surface area (Å²) in [5.74, 6) is -1.01. The molecule has 1 amide bonds. The van der Waals surface area contributed by atoms with Crippen LogP contribution in [0.25, 0.3) is 10.8 Å². The van der Waals surface area contributed by atoms with E-state index in [1.54, 1.807) is 30.3 Å². The summed E-state index contributed by atoms with van der Waals surface area (Å²) in [4.78, 5) is 24.5. The highest BCUT2D eigenvalue weighted by molar-refractivity contribution is 7.13. The molecule has 0 bridgehead atoms. The van der Waals surface area contributed by atoms with Gasteiger partial charge in [-0.3, -0.25) is 4.79 Å². The SMILES string of the molecule is N#Cc1ccccc1NC(=O)Cn1nc(-c2cccs2)oc1=O. The van der Waals surface area contributed by atoms with Gasteiger partial charge in [-0.25, -0.2) is 4.79 Å². The topological polar surface area (TPSA) is 101 Å². The molecule has 8 heteroatoms. The lowest BCUT2D eigenvalue weighted by Crippen LogP contribution is -2.26. The van der Waals surface area contributed by atoms with Crippen molar-refractivity contribution in [1.29, 1.82) is 5.26 Å². The van der Waals surface area contributed by atoms with E-state index in [0.29, 0.717) is 16.1 Å². The quantitative estimate of drug-likeness (QED) is 0.791. The molecular weight excluding hydrogens is 316 g/mol. The number of nitriles is 1. The molecule has 0 spiro atoms. The number of thiophene rings is 1. The van der Waals surface area contributed by atoms with Crippen LogP contribution in [0.1, 0.15) is 5.56 Å². The molecule has 0 atom stereocenters. The van der Waals surface area contributed by atoms with Crippen molar-refractivity contribution in [2.75, 3.05) is 5.32 Å². The summed E-state index contributed by atoms with van der Waals surface area (Å²) in [6, 6.07) is 12.2. The van der Waals surface area contributed by atoms with E-state index in [-0.39, 0.29) is 12.4 Å². The molecule has 2 aromatic heterocycles.